The molecule has 11 heteroatoms. The summed E-state index contributed by atoms with van der Waals surface area (Å²) in [6, 6.07) is 11.4. The van der Waals surface area contributed by atoms with E-state index in [-0.39, 0.29) is 21.8 Å². The van der Waals surface area contributed by atoms with Crippen LogP contribution in [0.5, 0.6) is 11.5 Å². The van der Waals surface area contributed by atoms with E-state index in [4.69, 9.17) is 9.47 Å². The van der Waals surface area contributed by atoms with Crippen LogP contribution in [0, 0.1) is 0 Å². The number of aromatic carboxylic acids is 1. The molecule has 2 N–H and O–H groups in total. The van der Waals surface area contributed by atoms with E-state index in [1.165, 1.54) is 49.6 Å². The van der Waals surface area contributed by atoms with Crippen LogP contribution in [0.1, 0.15) is 27.5 Å². The van der Waals surface area contributed by atoms with Crippen molar-refractivity contribution >= 4 is 50.1 Å². The standard InChI is InChI=1S/C26H19N3O7S/c1-35-17-8-6-13(10-18(17)36-2)22(30)20-21(15-4-3-9-27-12-15)29(24(32)23(20)31)26-28-16-7-5-14(25(33)34)11-19(16)37-26/h3-12,21,30H,1-2H3,(H,33,34)/b22-20+. The Kier molecular flexibility index (Phi) is 6.06. The molecule has 0 spiro atoms. The average Bonchev–Trinajstić information content (AvgIpc) is 3.45. The van der Waals surface area contributed by atoms with Crippen molar-refractivity contribution in [3.63, 3.8) is 0 Å². The molecule has 1 aliphatic heterocycles. The maximum Gasteiger partial charge on any atom is 0.335 e. The van der Waals surface area contributed by atoms with Gasteiger partial charge >= 0.3 is 11.9 Å². The van der Waals surface area contributed by atoms with E-state index in [1.54, 1.807) is 30.5 Å². The molecule has 37 heavy (non-hydrogen) atoms. The van der Waals surface area contributed by atoms with Crippen LogP contribution in [-0.4, -0.2) is 52.1 Å². The van der Waals surface area contributed by atoms with E-state index in [0.29, 0.717) is 27.3 Å². The zero-order valence-corrected chi connectivity index (χ0v) is 20.4. The Morgan fingerprint density at radius 1 is 1.00 bits per heavy atom. The van der Waals surface area contributed by atoms with Crippen LogP contribution < -0.4 is 14.4 Å². The lowest BCUT2D eigenvalue weighted by Crippen LogP contribution is -2.29. The van der Waals surface area contributed by atoms with Gasteiger partial charge in [-0.05, 0) is 48.0 Å². The molecule has 10 nitrogen and oxygen atoms in total. The zero-order valence-electron chi connectivity index (χ0n) is 19.5. The summed E-state index contributed by atoms with van der Waals surface area (Å²) < 4.78 is 11.1. The average molecular weight is 518 g/mol. The molecular formula is C26H19N3O7S. The lowest BCUT2D eigenvalue weighted by atomic mass is 9.96. The molecule has 3 heterocycles. The highest BCUT2D eigenvalue weighted by atomic mass is 32.1. The van der Waals surface area contributed by atoms with E-state index in [1.807, 2.05) is 0 Å². The summed E-state index contributed by atoms with van der Waals surface area (Å²) in [4.78, 5) is 47.9. The molecule has 1 fully saturated rings. The number of thiazole rings is 1. The second kappa shape index (κ2) is 9.36. The number of amides is 1. The van der Waals surface area contributed by atoms with E-state index in [2.05, 4.69) is 9.97 Å². The van der Waals surface area contributed by atoms with Crippen LogP contribution in [0.3, 0.4) is 0 Å². The van der Waals surface area contributed by atoms with Gasteiger partial charge in [0.1, 0.15) is 5.76 Å². The fourth-order valence-electron chi connectivity index (χ4n) is 4.17. The van der Waals surface area contributed by atoms with E-state index >= 15 is 0 Å². The predicted octanol–water partition coefficient (Wildman–Crippen LogP) is 4.03. The van der Waals surface area contributed by atoms with Gasteiger partial charge in [-0.15, -0.1) is 0 Å². The number of carbonyl (C=O) groups is 3. The first-order valence-corrected chi connectivity index (χ1v) is 11.7. The highest BCUT2D eigenvalue weighted by Crippen LogP contribution is 2.44. The number of pyridine rings is 1. The Bertz CT molecular complexity index is 1600. The Balaban J connectivity index is 1.70. The van der Waals surface area contributed by atoms with Crippen LogP contribution in [0.25, 0.3) is 16.0 Å². The van der Waals surface area contributed by atoms with Crippen LogP contribution in [0.15, 0.2) is 66.5 Å². The molecule has 0 bridgehead atoms. The summed E-state index contributed by atoms with van der Waals surface area (Å²) in [6.45, 7) is 0. The summed E-state index contributed by atoms with van der Waals surface area (Å²) in [5.41, 5.74) is 1.13. The second-order valence-corrected chi connectivity index (χ2v) is 9.02. The molecule has 0 aliphatic carbocycles. The van der Waals surface area contributed by atoms with Crippen molar-refractivity contribution in [2.75, 3.05) is 19.1 Å². The summed E-state index contributed by atoms with van der Waals surface area (Å²) >= 11 is 1.07. The third-order valence-electron chi connectivity index (χ3n) is 5.93. The summed E-state index contributed by atoms with van der Waals surface area (Å²) in [6.07, 6.45) is 3.05. The number of aliphatic hydroxyl groups excluding tert-OH is 1. The zero-order chi connectivity index (χ0) is 26.3. The van der Waals surface area contributed by atoms with Crippen molar-refractivity contribution in [1.82, 2.24) is 9.97 Å². The minimum Gasteiger partial charge on any atom is -0.507 e. The van der Waals surface area contributed by atoms with Gasteiger partial charge in [0.25, 0.3) is 5.78 Å². The molecule has 4 aromatic rings. The topological polar surface area (TPSA) is 139 Å². The third-order valence-corrected chi connectivity index (χ3v) is 6.95. The normalized spacial score (nSPS) is 16.8. The molecular weight excluding hydrogens is 498 g/mol. The highest BCUT2D eigenvalue weighted by Gasteiger charge is 2.48. The fraction of sp³-hybridized carbons (Fsp3) is 0.115. The van der Waals surface area contributed by atoms with Crippen LogP contribution in [0.4, 0.5) is 5.13 Å². The first-order valence-electron chi connectivity index (χ1n) is 10.9. The number of hydrogen-bond acceptors (Lipinski definition) is 9. The smallest absolute Gasteiger partial charge is 0.335 e. The first kappa shape index (κ1) is 23.9. The van der Waals surface area contributed by atoms with Crippen molar-refractivity contribution < 1.29 is 34.1 Å². The molecule has 1 unspecified atom stereocenters. The number of anilines is 1. The maximum absolute atomic E-state index is 13.3. The van der Waals surface area contributed by atoms with Gasteiger partial charge in [0, 0.05) is 18.0 Å². The minimum atomic E-state index is -1.09. The van der Waals surface area contributed by atoms with Gasteiger partial charge in [0.15, 0.2) is 16.6 Å². The molecule has 1 atom stereocenters. The van der Waals surface area contributed by atoms with Gasteiger partial charge in [0.2, 0.25) is 0 Å². The van der Waals surface area contributed by atoms with Gasteiger partial charge < -0.3 is 19.7 Å². The van der Waals surface area contributed by atoms with Crippen molar-refractivity contribution in [2.45, 2.75) is 6.04 Å². The largest absolute Gasteiger partial charge is 0.507 e. The Morgan fingerprint density at radius 3 is 2.43 bits per heavy atom. The number of aromatic nitrogens is 2. The SMILES string of the molecule is COc1ccc(/C(O)=C2\C(=O)C(=O)N(c3nc4ccc(C(=O)O)cc4s3)C2c2cccnc2)cc1OC. The van der Waals surface area contributed by atoms with Gasteiger partial charge in [-0.1, -0.05) is 17.4 Å². The van der Waals surface area contributed by atoms with Gasteiger partial charge in [-0.2, -0.15) is 0 Å². The van der Waals surface area contributed by atoms with Crippen molar-refractivity contribution in [3.8, 4) is 11.5 Å². The van der Waals surface area contributed by atoms with Gasteiger partial charge in [-0.3, -0.25) is 19.5 Å². The van der Waals surface area contributed by atoms with Gasteiger partial charge in [0.05, 0.1) is 41.6 Å². The highest BCUT2D eigenvalue weighted by molar-refractivity contribution is 7.22. The number of carboxylic acids is 1. The number of hydrogen-bond donors (Lipinski definition) is 2. The number of carbonyl (C=O) groups excluding carboxylic acids is 2. The molecule has 0 radical (unpaired) electrons. The predicted molar refractivity (Wildman–Crippen MR) is 135 cm³/mol. The number of rotatable bonds is 6. The Morgan fingerprint density at radius 2 is 1.76 bits per heavy atom. The van der Waals surface area contributed by atoms with Crippen LogP contribution in [0.2, 0.25) is 0 Å². The molecule has 0 saturated carbocycles. The van der Waals surface area contributed by atoms with Crippen molar-refractivity contribution in [1.29, 1.82) is 0 Å². The first-order chi connectivity index (χ1) is 17.8. The maximum atomic E-state index is 13.3. The Hall–Kier alpha value is -4.77. The van der Waals surface area contributed by atoms with Crippen LogP contribution >= 0.6 is 11.3 Å². The van der Waals surface area contributed by atoms with E-state index < -0.39 is 29.5 Å². The molecule has 1 saturated heterocycles. The quantitative estimate of drug-likeness (QED) is 0.220. The monoisotopic (exact) mass is 517 g/mol. The summed E-state index contributed by atoms with van der Waals surface area (Å²) in [5.74, 6) is -2.51. The lowest BCUT2D eigenvalue weighted by molar-refractivity contribution is -0.132. The Labute approximate surface area is 214 Å². The number of Topliss-reactive ketones (excluding diaryl/α,β-unsaturated/α-hetero) is 1. The number of nitrogens with zero attached hydrogens (tertiary/aromatic N) is 3. The number of carboxylic acid groups (broad SMARTS) is 1. The van der Waals surface area contributed by atoms with Crippen molar-refractivity contribution in [2.24, 2.45) is 0 Å². The minimum absolute atomic E-state index is 0.0713. The number of ketones is 1. The lowest BCUT2D eigenvalue weighted by Gasteiger charge is -2.22. The number of benzene rings is 2. The molecule has 186 valence electrons. The number of aliphatic hydroxyl groups is 1. The molecule has 1 aliphatic rings. The molecule has 2 aromatic carbocycles. The fourth-order valence-corrected chi connectivity index (χ4v) is 5.20. The second-order valence-electron chi connectivity index (χ2n) is 8.01. The van der Waals surface area contributed by atoms with Crippen LogP contribution in [-0.2, 0) is 9.59 Å². The molecule has 2 aromatic heterocycles. The van der Waals surface area contributed by atoms with Gasteiger partial charge in [-0.25, -0.2) is 9.78 Å². The molecule has 1 amide bonds. The number of ether oxygens (including phenoxy) is 2. The van der Waals surface area contributed by atoms with Crippen molar-refractivity contribution in [3.05, 3.63) is 83.2 Å². The van der Waals surface area contributed by atoms with E-state index in [9.17, 15) is 24.6 Å². The number of fused-ring (bicyclic) bond motifs is 1. The molecule has 5 rings (SSSR count). The van der Waals surface area contributed by atoms with E-state index in [0.717, 1.165) is 11.3 Å². The summed E-state index contributed by atoms with van der Waals surface area (Å²) in [5, 5.41) is 20.8. The number of methoxy groups -OCH3 is 2. The third kappa shape index (κ3) is 4.04. The summed E-state index contributed by atoms with van der Waals surface area (Å²) in [7, 11) is 2.92.